The van der Waals surface area contributed by atoms with Gasteiger partial charge < -0.3 is 10.1 Å². The number of hydrogen-bond acceptors (Lipinski definition) is 7. The minimum atomic E-state index is -4.02. The molecular weight excluding hydrogens is 474 g/mol. The highest BCUT2D eigenvalue weighted by atomic mass is 35.5. The fourth-order valence-corrected chi connectivity index (χ4v) is 4.85. The Morgan fingerprint density at radius 3 is 2.59 bits per heavy atom. The molecule has 0 spiro atoms. The number of benzene rings is 2. The van der Waals surface area contributed by atoms with Crippen LogP contribution in [0.2, 0.25) is 5.02 Å². The highest BCUT2D eigenvalue weighted by Gasteiger charge is 2.21. The van der Waals surface area contributed by atoms with Crippen LogP contribution in [0.5, 0.6) is 0 Å². The van der Waals surface area contributed by atoms with Crippen molar-refractivity contribution in [2.75, 3.05) is 11.9 Å². The maximum atomic E-state index is 12.7. The number of nitrogens with one attached hydrogen (secondary N) is 2. The molecule has 0 saturated carbocycles. The Bertz CT molecular complexity index is 1280. The molecule has 2 aromatic carbocycles. The summed E-state index contributed by atoms with van der Waals surface area (Å²) in [5.74, 6) is -1.54. The summed E-state index contributed by atoms with van der Waals surface area (Å²) in [4.78, 5) is 24.0. The van der Waals surface area contributed by atoms with Crippen molar-refractivity contribution in [3.8, 4) is 6.07 Å². The minimum absolute atomic E-state index is 0.0434. The van der Waals surface area contributed by atoms with Crippen molar-refractivity contribution >= 4 is 49.8 Å². The Morgan fingerprint density at radius 1 is 1.12 bits per heavy atom. The SMILES string of the molecule is N#Cc1ccsc1NC(=O)COC(=O)c1ccc(Cl)c(S(=O)(=O)NCc2ccccc2)c1. The fourth-order valence-electron chi connectivity index (χ4n) is 2.56. The van der Waals surface area contributed by atoms with Gasteiger partial charge in [-0.1, -0.05) is 41.9 Å². The molecule has 164 valence electrons. The number of thiophene rings is 1. The van der Waals surface area contributed by atoms with Gasteiger partial charge in [0.25, 0.3) is 5.91 Å². The number of sulfonamides is 1. The molecule has 3 rings (SSSR count). The highest BCUT2D eigenvalue weighted by Crippen LogP contribution is 2.24. The molecule has 3 aromatic rings. The van der Waals surface area contributed by atoms with Crippen LogP contribution >= 0.6 is 22.9 Å². The molecule has 0 bridgehead atoms. The standard InChI is InChI=1S/C21H16ClN3O5S2/c22-17-7-6-15(10-18(17)32(28,29)24-12-14-4-2-1-3-5-14)21(27)30-13-19(26)25-20-16(11-23)8-9-31-20/h1-10,24H,12-13H2,(H,25,26). The van der Waals surface area contributed by atoms with Crippen molar-refractivity contribution in [2.45, 2.75) is 11.4 Å². The fraction of sp³-hybridized carbons (Fsp3) is 0.0952. The van der Waals surface area contributed by atoms with E-state index < -0.39 is 28.5 Å². The summed E-state index contributed by atoms with van der Waals surface area (Å²) in [7, 11) is -4.02. The predicted octanol–water partition coefficient (Wildman–Crippen LogP) is 3.55. The van der Waals surface area contributed by atoms with Crippen LogP contribution in [0.1, 0.15) is 21.5 Å². The van der Waals surface area contributed by atoms with Gasteiger partial charge in [0.1, 0.15) is 16.0 Å². The lowest BCUT2D eigenvalue weighted by atomic mass is 10.2. The smallest absolute Gasteiger partial charge is 0.338 e. The molecule has 1 aromatic heterocycles. The molecular formula is C21H16ClN3O5S2. The number of carbonyl (C=O) groups is 2. The molecule has 11 heteroatoms. The molecule has 1 amide bonds. The second-order valence-electron chi connectivity index (χ2n) is 6.35. The highest BCUT2D eigenvalue weighted by molar-refractivity contribution is 7.89. The number of rotatable bonds is 8. The number of nitriles is 1. The number of esters is 1. The van der Waals surface area contributed by atoms with Crippen LogP contribution in [0.4, 0.5) is 5.00 Å². The largest absolute Gasteiger partial charge is 0.452 e. The molecule has 2 N–H and O–H groups in total. The molecule has 0 fully saturated rings. The van der Waals surface area contributed by atoms with E-state index in [1.54, 1.807) is 35.7 Å². The summed E-state index contributed by atoms with van der Waals surface area (Å²) >= 11 is 7.20. The van der Waals surface area contributed by atoms with E-state index >= 15 is 0 Å². The van der Waals surface area contributed by atoms with Crippen molar-refractivity contribution in [3.05, 3.63) is 81.7 Å². The molecule has 0 unspecified atom stereocenters. The van der Waals surface area contributed by atoms with E-state index in [0.29, 0.717) is 10.6 Å². The van der Waals surface area contributed by atoms with Crippen LogP contribution < -0.4 is 10.0 Å². The van der Waals surface area contributed by atoms with Crippen molar-refractivity contribution in [1.82, 2.24) is 4.72 Å². The first-order chi connectivity index (χ1) is 15.3. The van der Waals surface area contributed by atoms with Crippen LogP contribution in [-0.4, -0.2) is 26.9 Å². The summed E-state index contributed by atoms with van der Waals surface area (Å²) in [6.07, 6.45) is 0. The zero-order valence-corrected chi connectivity index (χ0v) is 18.8. The first-order valence-corrected chi connectivity index (χ1v) is 11.8. The van der Waals surface area contributed by atoms with Gasteiger partial charge in [0, 0.05) is 6.54 Å². The third-order valence-electron chi connectivity index (χ3n) is 4.14. The lowest BCUT2D eigenvalue weighted by molar-refractivity contribution is -0.119. The maximum absolute atomic E-state index is 12.7. The summed E-state index contributed by atoms with van der Waals surface area (Å²) in [6.45, 7) is -0.569. The molecule has 0 radical (unpaired) electrons. The van der Waals surface area contributed by atoms with E-state index in [0.717, 1.165) is 23.0 Å². The van der Waals surface area contributed by atoms with Crippen LogP contribution in [0.15, 0.2) is 64.9 Å². The van der Waals surface area contributed by atoms with E-state index in [1.807, 2.05) is 12.1 Å². The second-order valence-corrected chi connectivity index (χ2v) is 9.41. The Balaban J connectivity index is 1.65. The number of halogens is 1. The van der Waals surface area contributed by atoms with Gasteiger partial charge in [-0.2, -0.15) is 5.26 Å². The molecule has 0 aliphatic rings. The molecule has 0 aliphatic carbocycles. The van der Waals surface area contributed by atoms with Gasteiger partial charge >= 0.3 is 5.97 Å². The van der Waals surface area contributed by atoms with Gasteiger partial charge in [-0.3, -0.25) is 4.79 Å². The molecule has 32 heavy (non-hydrogen) atoms. The maximum Gasteiger partial charge on any atom is 0.338 e. The van der Waals surface area contributed by atoms with Gasteiger partial charge in [0.15, 0.2) is 6.61 Å². The molecule has 1 heterocycles. The zero-order chi connectivity index (χ0) is 23.1. The Kier molecular flexibility index (Phi) is 7.61. The average Bonchev–Trinajstić information content (AvgIpc) is 3.24. The molecule has 0 saturated heterocycles. The third-order valence-corrected chi connectivity index (χ3v) is 6.85. The topological polar surface area (TPSA) is 125 Å². The summed E-state index contributed by atoms with van der Waals surface area (Å²) < 4.78 is 32.7. The number of ether oxygens (including phenoxy) is 1. The number of carbonyl (C=O) groups excluding carboxylic acids is 2. The minimum Gasteiger partial charge on any atom is -0.452 e. The van der Waals surface area contributed by atoms with Crippen molar-refractivity contribution in [3.63, 3.8) is 0 Å². The molecule has 8 nitrogen and oxygen atoms in total. The van der Waals surface area contributed by atoms with E-state index in [2.05, 4.69) is 10.0 Å². The van der Waals surface area contributed by atoms with Crippen molar-refractivity contribution in [1.29, 1.82) is 5.26 Å². The summed E-state index contributed by atoms with van der Waals surface area (Å²) in [5, 5.41) is 13.4. The van der Waals surface area contributed by atoms with E-state index in [9.17, 15) is 18.0 Å². The Morgan fingerprint density at radius 2 is 1.88 bits per heavy atom. The summed E-state index contributed by atoms with van der Waals surface area (Å²) in [6, 6.07) is 16.0. The average molecular weight is 490 g/mol. The van der Waals surface area contributed by atoms with Gasteiger partial charge in [-0.05, 0) is 35.2 Å². The van der Waals surface area contributed by atoms with Gasteiger partial charge in [-0.15, -0.1) is 11.3 Å². The van der Waals surface area contributed by atoms with Crippen LogP contribution in [0.3, 0.4) is 0 Å². The number of nitrogens with zero attached hydrogens (tertiary/aromatic N) is 1. The quantitative estimate of drug-likeness (QED) is 0.466. The molecule has 0 atom stereocenters. The predicted molar refractivity (Wildman–Crippen MR) is 120 cm³/mol. The Hall–Kier alpha value is -3.23. The zero-order valence-electron chi connectivity index (χ0n) is 16.4. The third kappa shape index (κ3) is 5.93. The van der Waals surface area contributed by atoms with Crippen LogP contribution in [0.25, 0.3) is 0 Å². The first-order valence-electron chi connectivity index (χ1n) is 9.08. The van der Waals surface area contributed by atoms with Gasteiger partial charge in [0.2, 0.25) is 10.0 Å². The van der Waals surface area contributed by atoms with Crippen molar-refractivity contribution in [2.24, 2.45) is 0 Å². The van der Waals surface area contributed by atoms with Gasteiger partial charge in [0.05, 0.1) is 16.1 Å². The van der Waals surface area contributed by atoms with E-state index in [-0.39, 0.29) is 22.0 Å². The number of hydrogen-bond donors (Lipinski definition) is 2. The second kappa shape index (κ2) is 10.4. The number of amides is 1. The summed E-state index contributed by atoms with van der Waals surface area (Å²) in [5.41, 5.74) is 0.959. The van der Waals surface area contributed by atoms with Gasteiger partial charge in [-0.25, -0.2) is 17.9 Å². The van der Waals surface area contributed by atoms with Crippen LogP contribution in [-0.2, 0) is 26.1 Å². The lowest BCUT2D eigenvalue weighted by Gasteiger charge is -2.10. The first kappa shape index (κ1) is 23.4. The lowest BCUT2D eigenvalue weighted by Crippen LogP contribution is -2.24. The van der Waals surface area contributed by atoms with E-state index in [4.69, 9.17) is 21.6 Å². The normalized spacial score (nSPS) is 10.9. The van der Waals surface area contributed by atoms with Crippen molar-refractivity contribution < 1.29 is 22.7 Å². The number of anilines is 1. The monoisotopic (exact) mass is 489 g/mol. The van der Waals surface area contributed by atoms with Crippen LogP contribution in [0, 0.1) is 11.3 Å². The van der Waals surface area contributed by atoms with E-state index in [1.165, 1.54) is 12.1 Å². The Labute approximate surface area is 193 Å². The molecule has 0 aliphatic heterocycles.